The van der Waals surface area contributed by atoms with Crippen LogP contribution in [0.15, 0.2) is 12.1 Å². The van der Waals surface area contributed by atoms with Gasteiger partial charge in [0.1, 0.15) is 0 Å². The second-order valence-electron chi connectivity index (χ2n) is 5.08. The van der Waals surface area contributed by atoms with Crippen LogP contribution in [0, 0.1) is 0 Å². The Morgan fingerprint density at radius 1 is 1.37 bits per heavy atom. The SMILES string of the molecule is CC(C)N(C)CCCc1c(C(=O)O)ccc(N)c1N. The normalized spacial score (nSPS) is 11.2. The molecule has 0 aliphatic heterocycles. The van der Waals surface area contributed by atoms with Crippen LogP contribution in [0.2, 0.25) is 0 Å². The van der Waals surface area contributed by atoms with Crippen LogP contribution in [0.25, 0.3) is 0 Å². The molecule has 0 radical (unpaired) electrons. The number of nitrogen functional groups attached to an aromatic ring is 2. The lowest BCUT2D eigenvalue weighted by Crippen LogP contribution is -2.27. The van der Waals surface area contributed by atoms with Crippen LogP contribution in [0.1, 0.15) is 36.2 Å². The molecule has 0 aliphatic rings. The van der Waals surface area contributed by atoms with E-state index in [4.69, 9.17) is 11.5 Å². The molecule has 0 fully saturated rings. The zero-order valence-electron chi connectivity index (χ0n) is 11.8. The van der Waals surface area contributed by atoms with Crippen LogP contribution in [-0.4, -0.2) is 35.6 Å². The van der Waals surface area contributed by atoms with Crippen LogP contribution < -0.4 is 11.5 Å². The van der Waals surface area contributed by atoms with Crippen molar-refractivity contribution in [2.75, 3.05) is 25.1 Å². The largest absolute Gasteiger partial charge is 0.478 e. The van der Waals surface area contributed by atoms with Gasteiger partial charge in [0.2, 0.25) is 0 Å². The predicted octanol–water partition coefficient (Wildman–Crippen LogP) is 1.82. The molecular formula is C14H23N3O2. The summed E-state index contributed by atoms with van der Waals surface area (Å²) in [5.74, 6) is -0.959. The predicted molar refractivity (Wildman–Crippen MR) is 78.3 cm³/mol. The molecule has 0 saturated carbocycles. The number of anilines is 2. The molecule has 0 unspecified atom stereocenters. The Kier molecular flexibility index (Phi) is 5.18. The molecule has 1 rings (SSSR count). The monoisotopic (exact) mass is 265 g/mol. The minimum atomic E-state index is -0.959. The van der Waals surface area contributed by atoms with Gasteiger partial charge in [-0.15, -0.1) is 0 Å². The molecule has 106 valence electrons. The Morgan fingerprint density at radius 2 is 2.00 bits per heavy atom. The van der Waals surface area contributed by atoms with E-state index in [1.807, 2.05) is 7.05 Å². The Labute approximate surface area is 114 Å². The van der Waals surface area contributed by atoms with E-state index in [1.54, 1.807) is 6.07 Å². The Morgan fingerprint density at radius 3 is 2.53 bits per heavy atom. The number of rotatable bonds is 6. The summed E-state index contributed by atoms with van der Waals surface area (Å²) >= 11 is 0. The molecule has 0 saturated heterocycles. The fraction of sp³-hybridized carbons (Fsp3) is 0.500. The van der Waals surface area contributed by atoms with Gasteiger partial charge in [0, 0.05) is 6.04 Å². The van der Waals surface area contributed by atoms with Crippen molar-refractivity contribution in [1.82, 2.24) is 4.90 Å². The number of carboxylic acids is 1. The summed E-state index contributed by atoms with van der Waals surface area (Å²) in [7, 11) is 2.05. The van der Waals surface area contributed by atoms with Gasteiger partial charge in [0.15, 0.2) is 0 Å². The minimum absolute atomic E-state index is 0.249. The van der Waals surface area contributed by atoms with E-state index in [9.17, 15) is 9.90 Å². The first-order valence-corrected chi connectivity index (χ1v) is 6.45. The van der Waals surface area contributed by atoms with Crippen molar-refractivity contribution in [3.63, 3.8) is 0 Å². The van der Waals surface area contributed by atoms with Gasteiger partial charge in [-0.25, -0.2) is 4.79 Å². The number of carboxylic acid groups (broad SMARTS) is 1. The summed E-state index contributed by atoms with van der Waals surface area (Å²) in [5, 5.41) is 9.17. The molecule has 1 aromatic rings. The van der Waals surface area contributed by atoms with Crippen LogP contribution in [0.5, 0.6) is 0 Å². The number of nitrogens with two attached hydrogens (primary N) is 2. The summed E-state index contributed by atoms with van der Waals surface area (Å²) < 4.78 is 0. The number of benzene rings is 1. The van der Waals surface area contributed by atoms with Crippen LogP contribution in [0.3, 0.4) is 0 Å². The second kappa shape index (κ2) is 6.43. The molecule has 0 amide bonds. The van der Waals surface area contributed by atoms with E-state index >= 15 is 0 Å². The third-order valence-electron chi connectivity index (χ3n) is 3.44. The van der Waals surface area contributed by atoms with Crippen molar-refractivity contribution < 1.29 is 9.90 Å². The summed E-state index contributed by atoms with van der Waals surface area (Å²) in [6, 6.07) is 3.54. The van der Waals surface area contributed by atoms with Crippen molar-refractivity contribution in [2.45, 2.75) is 32.7 Å². The number of hydrogen-bond acceptors (Lipinski definition) is 4. The summed E-state index contributed by atoms with van der Waals surface area (Å²) in [4.78, 5) is 13.4. The van der Waals surface area contributed by atoms with Gasteiger partial charge < -0.3 is 21.5 Å². The maximum Gasteiger partial charge on any atom is 0.336 e. The van der Waals surface area contributed by atoms with Crippen molar-refractivity contribution in [3.05, 3.63) is 23.3 Å². The molecule has 5 N–H and O–H groups in total. The third-order valence-corrected chi connectivity index (χ3v) is 3.44. The lowest BCUT2D eigenvalue weighted by Gasteiger charge is -2.21. The number of aromatic carboxylic acids is 1. The summed E-state index contributed by atoms with van der Waals surface area (Å²) in [6.45, 7) is 5.14. The molecular weight excluding hydrogens is 242 g/mol. The maximum absolute atomic E-state index is 11.2. The maximum atomic E-state index is 11.2. The van der Waals surface area contributed by atoms with E-state index in [2.05, 4.69) is 18.7 Å². The average Bonchev–Trinajstić information content (AvgIpc) is 2.33. The Hall–Kier alpha value is -1.75. The molecule has 0 atom stereocenters. The first-order valence-electron chi connectivity index (χ1n) is 6.45. The zero-order valence-corrected chi connectivity index (χ0v) is 11.8. The highest BCUT2D eigenvalue weighted by molar-refractivity contribution is 5.93. The van der Waals surface area contributed by atoms with Gasteiger partial charge in [0.25, 0.3) is 0 Å². The highest BCUT2D eigenvalue weighted by Gasteiger charge is 2.15. The van der Waals surface area contributed by atoms with Crippen molar-refractivity contribution in [2.24, 2.45) is 0 Å². The van der Waals surface area contributed by atoms with Crippen LogP contribution in [0.4, 0.5) is 11.4 Å². The first-order chi connectivity index (χ1) is 8.84. The molecule has 0 bridgehead atoms. The lowest BCUT2D eigenvalue weighted by atomic mass is 9.99. The topological polar surface area (TPSA) is 92.6 Å². The van der Waals surface area contributed by atoms with Gasteiger partial charge in [0.05, 0.1) is 16.9 Å². The number of hydrogen-bond donors (Lipinski definition) is 3. The quantitative estimate of drug-likeness (QED) is 0.682. The minimum Gasteiger partial charge on any atom is -0.478 e. The first kappa shape index (κ1) is 15.3. The van der Waals surface area contributed by atoms with Crippen molar-refractivity contribution >= 4 is 17.3 Å². The standard InChI is InChI=1S/C14H23N3O2/c1-9(2)17(3)8-4-5-10-11(14(18)19)6-7-12(15)13(10)16/h6-7,9H,4-5,8,15-16H2,1-3H3,(H,18,19). The summed E-state index contributed by atoms with van der Waals surface area (Å²) in [5.41, 5.74) is 13.4. The lowest BCUT2D eigenvalue weighted by molar-refractivity contribution is 0.0695. The van der Waals surface area contributed by atoms with Crippen molar-refractivity contribution in [1.29, 1.82) is 0 Å². The highest BCUT2D eigenvalue weighted by atomic mass is 16.4. The molecule has 5 heteroatoms. The van der Waals surface area contributed by atoms with E-state index in [1.165, 1.54) is 6.07 Å². The number of nitrogens with zero attached hydrogens (tertiary/aromatic N) is 1. The van der Waals surface area contributed by atoms with E-state index in [0.29, 0.717) is 29.4 Å². The molecule has 19 heavy (non-hydrogen) atoms. The summed E-state index contributed by atoms with van der Waals surface area (Å²) in [6.07, 6.45) is 1.47. The number of carbonyl (C=O) groups is 1. The molecule has 1 aromatic carbocycles. The molecule has 0 aromatic heterocycles. The Bertz CT molecular complexity index is 458. The fourth-order valence-electron chi connectivity index (χ4n) is 1.92. The van der Waals surface area contributed by atoms with Gasteiger partial charge in [-0.05, 0) is 58.0 Å². The molecule has 0 spiro atoms. The van der Waals surface area contributed by atoms with E-state index in [0.717, 1.165) is 13.0 Å². The average molecular weight is 265 g/mol. The zero-order chi connectivity index (χ0) is 14.6. The third kappa shape index (κ3) is 3.86. The fourth-order valence-corrected chi connectivity index (χ4v) is 1.92. The molecule has 5 nitrogen and oxygen atoms in total. The van der Waals surface area contributed by atoms with Gasteiger partial charge in [-0.2, -0.15) is 0 Å². The molecule has 0 aliphatic carbocycles. The second-order valence-corrected chi connectivity index (χ2v) is 5.08. The van der Waals surface area contributed by atoms with Gasteiger partial charge >= 0.3 is 5.97 Å². The molecule has 0 heterocycles. The van der Waals surface area contributed by atoms with E-state index in [-0.39, 0.29) is 5.56 Å². The van der Waals surface area contributed by atoms with Crippen molar-refractivity contribution in [3.8, 4) is 0 Å². The van der Waals surface area contributed by atoms with Crippen LogP contribution >= 0.6 is 0 Å². The van der Waals surface area contributed by atoms with Crippen LogP contribution in [-0.2, 0) is 6.42 Å². The van der Waals surface area contributed by atoms with E-state index < -0.39 is 5.97 Å². The Balaban J connectivity index is 2.82. The van der Waals surface area contributed by atoms with Gasteiger partial charge in [-0.3, -0.25) is 0 Å². The van der Waals surface area contributed by atoms with Gasteiger partial charge in [-0.1, -0.05) is 0 Å². The highest BCUT2D eigenvalue weighted by Crippen LogP contribution is 2.25. The smallest absolute Gasteiger partial charge is 0.336 e.